The minimum Gasteiger partial charge on any atom is -0.399 e. The molecule has 3 amide bonds. The molecule has 1 N–H and O–H groups in total. The van der Waals surface area contributed by atoms with Gasteiger partial charge in [-0.25, -0.2) is 0 Å². The summed E-state index contributed by atoms with van der Waals surface area (Å²) in [5.74, 6) is -0.703. The van der Waals surface area contributed by atoms with Crippen LogP contribution in [0.25, 0.3) is 0 Å². The molecule has 0 saturated carbocycles. The molecule has 2 aliphatic heterocycles. The largest absolute Gasteiger partial charge is 0.399 e. The Hall–Kier alpha value is -2.56. The number of likely N-dealkylation sites (tertiary alicyclic amines) is 2. The van der Waals surface area contributed by atoms with Crippen molar-refractivity contribution in [3.8, 4) is 0 Å². The van der Waals surface area contributed by atoms with E-state index >= 15 is 0 Å². The topological polar surface area (TPSA) is 94.6 Å². The molecular formula is C33H41Cl4N5O4. The molecule has 2 fully saturated rings. The van der Waals surface area contributed by atoms with Crippen LogP contribution in [0.15, 0.2) is 41.6 Å². The van der Waals surface area contributed by atoms with Crippen molar-refractivity contribution in [1.82, 2.24) is 20.0 Å². The third-order valence-electron chi connectivity index (χ3n) is 8.84. The van der Waals surface area contributed by atoms with Gasteiger partial charge in [0.2, 0.25) is 11.8 Å². The number of piperidine rings is 2. The van der Waals surface area contributed by atoms with E-state index in [1.54, 1.807) is 43.3 Å². The summed E-state index contributed by atoms with van der Waals surface area (Å²) in [5, 5.41) is 8.66. The smallest absolute Gasteiger partial charge is 0.254 e. The lowest BCUT2D eigenvalue weighted by molar-refractivity contribution is -0.144. The Morgan fingerprint density at radius 1 is 1.02 bits per heavy atom. The van der Waals surface area contributed by atoms with Crippen molar-refractivity contribution in [2.45, 2.75) is 50.5 Å². The average molecular weight is 714 g/mol. The number of nitrogens with one attached hydrogen (secondary N) is 1. The van der Waals surface area contributed by atoms with Gasteiger partial charge in [-0.1, -0.05) is 57.6 Å². The molecule has 0 bridgehead atoms. The van der Waals surface area contributed by atoms with Gasteiger partial charge in [0.25, 0.3) is 5.91 Å². The summed E-state index contributed by atoms with van der Waals surface area (Å²) in [5.41, 5.74) is 1.94. The van der Waals surface area contributed by atoms with Crippen molar-refractivity contribution in [2.75, 3.05) is 53.9 Å². The number of benzene rings is 2. The van der Waals surface area contributed by atoms with Crippen LogP contribution >= 0.6 is 46.4 Å². The number of amides is 3. The number of halogens is 4. The summed E-state index contributed by atoms with van der Waals surface area (Å²) in [6, 6.07) is 10.4. The SMILES string of the molecule is CNC(=O)CC1CCCN(C2CCN(CCC(/C(CN(C)C(=O)c3cc(Cl)cc(Cl)c3)=N\OC)c3ccc(Cl)c(Cl)c3)CC2)C1=O. The first-order valence-corrected chi connectivity index (χ1v) is 17.0. The van der Waals surface area contributed by atoms with E-state index in [-0.39, 0.29) is 48.6 Å². The summed E-state index contributed by atoms with van der Waals surface area (Å²) in [6.07, 6.45) is 4.35. The lowest BCUT2D eigenvalue weighted by atomic mass is 9.89. The molecule has 4 rings (SSSR count). The van der Waals surface area contributed by atoms with Crippen molar-refractivity contribution in [1.29, 1.82) is 0 Å². The van der Waals surface area contributed by atoms with Crippen molar-refractivity contribution in [2.24, 2.45) is 11.1 Å². The highest BCUT2D eigenvalue weighted by molar-refractivity contribution is 6.42. The van der Waals surface area contributed by atoms with Gasteiger partial charge in [0.05, 0.1) is 22.3 Å². The highest BCUT2D eigenvalue weighted by Gasteiger charge is 2.36. The molecule has 250 valence electrons. The molecule has 0 aromatic heterocycles. The second kappa shape index (κ2) is 17.0. The van der Waals surface area contributed by atoms with Gasteiger partial charge in [-0.3, -0.25) is 14.4 Å². The molecule has 13 heteroatoms. The Balaban J connectivity index is 1.44. The maximum absolute atomic E-state index is 13.3. The zero-order valence-corrected chi connectivity index (χ0v) is 29.4. The summed E-state index contributed by atoms with van der Waals surface area (Å²) in [6.45, 7) is 3.38. The third-order valence-corrected chi connectivity index (χ3v) is 10.0. The lowest BCUT2D eigenvalue weighted by Crippen LogP contribution is -2.52. The molecule has 2 aromatic rings. The maximum atomic E-state index is 13.3. The van der Waals surface area contributed by atoms with Gasteiger partial charge in [0.15, 0.2) is 0 Å². The molecule has 2 saturated heterocycles. The fourth-order valence-corrected chi connectivity index (χ4v) is 7.24. The number of hydrogen-bond acceptors (Lipinski definition) is 6. The van der Waals surface area contributed by atoms with Crippen LogP contribution < -0.4 is 5.32 Å². The molecule has 0 aliphatic carbocycles. The van der Waals surface area contributed by atoms with Crippen LogP contribution in [0, 0.1) is 5.92 Å². The molecule has 2 atom stereocenters. The monoisotopic (exact) mass is 711 g/mol. The normalized spacial score (nSPS) is 18.8. The van der Waals surface area contributed by atoms with Crippen molar-refractivity contribution in [3.63, 3.8) is 0 Å². The molecule has 0 spiro atoms. The zero-order chi connectivity index (χ0) is 33.4. The molecule has 46 heavy (non-hydrogen) atoms. The van der Waals surface area contributed by atoms with Gasteiger partial charge in [0, 0.05) is 73.6 Å². The second-order valence-corrected chi connectivity index (χ2v) is 13.6. The van der Waals surface area contributed by atoms with Crippen molar-refractivity contribution in [3.05, 3.63) is 67.6 Å². The maximum Gasteiger partial charge on any atom is 0.254 e. The van der Waals surface area contributed by atoms with Crippen LogP contribution in [0.3, 0.4) is 0 Å². The molecule has 2 aromatic carbocycles. The minimum absolute atomic E-state index is 0.0904. The molecule has 0 radical (unpaired) electrons. The standard InChI is InChI=1S/C33H41Cl4N5O4/c1-38-31(43)18-22-5-4-11-42(33(22)45)26-8-12-41(13-9-26)14-10-27(21-6-7-28(36)29(37)17-21)30(39-46-3)20-40(2)32(44)23-15-24(34)19-25(35)16-23/h6-7,15-17,19,22,26-27H,4-5,8-14,18,20H2,1-3H3,(H,38,43)/b39-30-. The van der Waals surface area contributed by atoms with Gasteiger partial charge in [-0.05, 0) is 74.5 Å². The Morgan fingerprint density at radius 3 is 2.35 bits per heavy atom. The molecule has 2 unspecified atom stereocenters. The van der Waals surface area contributed by atoms with Crippen molar-refractivity contribution >= 4 is 69.8 Å². The first-order valence-electron chi connectivity index (χ1n) is 15.5. The van der Waals surface area contributed by atoms with E-state index in [4.69, 9.17) is 51.2 Å². The van der Waals surface area contributed by atoms with E-state index in [9.17, 15) is 14.4 Å². The summed E-state index contributed by atoms with van der Waals surface area (Å²) >= 11 is 25.0. The number of carbonyl (C=O) groups excluding carboxylic acids is 3. The van der Waals surface area contributed by atoms with E-state index in [0.717, 1.165) is 57.4 Å². The van der Waals surface area contributed by atoms with Gasteiger partial charge in [0.1, 0.15) is 7.11 Å². The van der Waals surface area contributed by atoms with Gasteiger partial charge >= 0.3 is 0 Å². The predicted molar refractivity (Wildman–Crippen MR) is 184 cm³/mol. The van der Waals surface area contributed by atoms with E-state index < -0.39 is 0 Å². The van der Waals surface area contributed by atoms with E-state index in [1.165, 1.54) is 7.11 Å². The second-order valence-electron chi connectivity index (χ2n) is 11.9. The van der Waals surface area contributed by atoms with Gasteiger partial charge in [-0.15, -0.1) is 0 Å². The van der Waals surface area contributed by atoms with Crippen LogP contribution in [-0.4, -0.2) is 98.1 Å². The number of nitrogens with zero attached hydrogens (tertiary/aromatic N) is 4. The molecule has 9 nitrogen and oxygen atoms in total. The number of oxime groups is 1. The fraction of sp³-hybridized carbons (Fsp3) is 0.515. The number of carbonyl (C=O) groups is 3. The lowest BCUT2D eigenvalue weighted by Gasteiger charge is -2.42. The average Bonchev–Trinajstić information content (AvgIpc) is 3.03. The van der Waals surface area contributed by atoms with Gasteiger partial charge < -0.3 is 24.9 Å². The summed E-state index contributed by atoms with van der Waals surface area (Å²) < 4.78 is 0. The molecular weight excluding hydrogens is 672 g/mol. The minimum atomic E-state index is -0.256. The molecule has 2 aliphatic rings. The highest BCUT2D eigenvalue weighted by atomic mass is 35.5. The summed E-state index contributed by atoms with van der Waals surface area (Å²) in [4.78, 5) is 49.7. The number of rotatable bonds is 12. The van der Waals surface area contributed by atoms with Crippen LogP contribution in [0.4, 0.5) is 0 Å². The fourth-order valence-electron chi connectivity index (χ4n) is 6.41. The number of hydrogen-bond donors (Lipinski definition) is 1. The van der Waals surface area contributed by atoms with E-state index in [2.05, 4.69) is 15.4 Å². The zero-order valence-electron chi connectivity index (χ0n) is 26.4. The predicted octanol–water partition coefficient (Wildman–Crippen LogP) is 6.39. The quantitative estimate of drug-likeness (QED) is 0.204. The highest BCUT2D eigenvalue weighted by Crippen LogP contribution is 2.32. The Kier molecular flexibility index (Phi) is 13.4. The van der Waals surface area contributed by atoms with Crippen LogP contribution in [0.5, 0.6) is 0 Å². The van der Waals surface area contributed by atoms with E-state index in [1.807, 2.05) is 17.0 Å². The van der Waals surface area contributed by atoms with Crippen LogP contribution in [0.1, 0.15) is 60.4 Å². The Morgan fingerprint density at radius 2 is 1.72 bits per heavy atom. The van der Waals surface area contributed by atoms with Crippen LogP contribution in [-0.2, 0) is 14.4 Å². The first-order chi connectivity index (χ1) is 22.0. The van der Waals surface area contributed by atoms with Crippen LogP contribution in [0.2, 0.25) is 20.1 Å². The van der Waals surface area contributed by atoms with Gasteiger partial charge in [-0.2, -0.15) is 0 Å². The first kappa shape index (κ1) is 36.3. The van der Waals surface area contributed by atoms with Crippen molar-refractivity contribution < 1.29 is 19.2 Å². The Bertz CT molecular complexity index is 1410. The van der Waals surface area contributed by atoms with E-state index in [0.29, 0.717) is 37.8 Å². The molecule has 2 heterocycles. The third kappa shape index (κ3) is 9.50. The Labute approximate surface area is 291 Å². The summed E-state index contributed by atoms with van der Waals surface area (Å²) in [7, 11) is 4.78.